The first kappa shape index (κ1) is 10.5. The van der Waals surface area contributed by atoms with Crippen molar-refractivity contribution in [2.24, 2.45) is 0 Å². The molecule has 0 aliphatic rings. The molecule has 0 aromatic heterocycles. The lowest BCUT2D eigenvalue weighted by atomic mass is 10.1. The molecule has 74 valence electrons. The van der Waals surface area contributed by atoms with Crippen LogP contribution in [-0.4, -0.2) is 24.5 Å². The van der Waals surface area contributed by atoms with E-state index in [2.05, 4.69) is 0 Å². The number of carbonyl (C=O) groups is 2. The molecule has 1 rings (SSSR count). The average Bonchev–Trinajstić information content (AvgIpc) is 2.16. The molecule has 0 unspecified atom stereocenters. The van der Waals surface area contributed by atoms with E-state index in [9.17, 15) is 9.59 Å². The van der Waals surface area contributed by atoms with Crippen LogP contribution >= 0.6 is 11.6 Å². The fourth-order valence-electron chi connectivity index (χ4n) is 1.00. The minimum absolute atomic E-state index is 0.0143. The predicted octanol–water partition coefficient (Wildman–Crippen LogP) is 1.86. The second-order valence-corrected chi connectivity index (χ2v) is 2.90. The topological polar surface area (TPSA) is 63.6 Å². The van der Waals surface area contributed by atoms with Crippen molar-refractivity contribution in [2.45, 2.75) is 0 Å². The van der Waals surface area contributed by atoms with Crippen molar-refractivity contribution < 1.29 is 19.4 Å². The van der Waals surface area contributed by atoms with Crippen LogP contribution in [0.2, 0.25) is 5.02 Å². The van der Waals surface area contributed by atoms with Gasteiger partial charge in [0, 0.05) is 0 Å². The summed E-state index contributed by atoms with van der Waals surface area (Å²) >= 11 is 5.64. The third-order valence-corrected chi connectivity index (χ3v) is 1.99. The Morgan fingerprint density at radius 1 is 1.57 bits per heavy atom. The van der Waals surface area contributed by atoms with Crippen molar-refractivity contribution in [3.63, 3.8) is 0 Å². The molecule has 4 nitrogen and oxygen atoms in total. The second kappa shape index (κ2) is 4.11. The minimum atomic E-state index is -1.16. The number of carboxylic acids is 1. The SMILES string of the molecule is COc1cc(C(=O)O)c(Cl)cc1C=O. The highest BCUT2D eigenvalue weighted by Gasteiger charge is 2.13. The largest absolute Gasteiger partial charge is 0.496 e. The van der Waals surface area contributed by atoms with E-state index < -0.39 is 5.97 Å². The highest BCUT2D eigenvalue weighted by Crippen LogP contribution is 2.25. The summed E-state index contributed by atoms with van der Waals surface area (Å²) in [5.74, 6) is -0.965. The van der Waals surface area contributed by atoms with Gasteiger partial charge in [0.25, 0.3) is 0 Å². The zero-order valence-corrected chi connectivity index (χ0v) is 8.04. The first-order valence-electron chi connectivity index (χ1n) is 3.66. The number of rotatable bonds is 3. The Hall–Kier alpha value is -1.55. The fourth-order valence-corrected chi connectivity index (χ4v) is 1.25. The number of aromatic carboxylic acids is 1. The summed E-state index contributed by atoms with van der Waals surface area (Å²) in [7, 11) is 1.35. The zero-order valence-electron chi connectivity index (χ0n) is 7.28. The lowest BCUT2D eigenvalue weighted by Crippen LogP contribution is -2.00. The normalized spacial score (nSPS) is 9.57. The van der Waals surface area contributed by atoms with Gasteiger partial charge in [-0.3, -0.25) is 4.79 Å². The minimum Gasteiger partial charge on any atom is -0.496 e. The molecule has 0 saturated carbocycles. The molecule has 0 amide bonds. The Balaban J connectivity index is 3.37. The molecule has 1 N–H and O–H groups in total. The smallest absolute Gasteiger partial charge is 0.337 e. The van der Waals surface area contributed by atoms with E-state index in [4.69, 9.17) is 21.4 Å². The van der Waals surface area contributed by atoms with Crippen molar-refractivity contribution >= 4 is 23.9 Å². The summed E-state index contributed by atoms with van der Waals surface area (Å²) in [6.45, 7) is 0. The monoisotopic (exact) mass is 214 g/mol. The number of methoxy groups -OCH3 is 1. The summed E-state index contributed by atoms with van der Waals surface area (Å²) in [5, 5.41) is 8.74. The number of carbonyl (C=O) groups excluding carboxylic acids is 1. The quantitative estimate of drug-likeness (QED) is 0.780. The average molecular weight is 215 g/mol. The fraction of sp³-hybridized carbons (Fsp3) is 0.111. The van der Waals surface area contributed by atoms with E-state index in [0.717, 1.165) is 0 Å². The van der Waals surface area contributed by atoms with Crippen LogP contribution in [0.25, 0.3) is 0 Å². The Bertz CT molecular complexity index is 387. The van der Waals surface area contributed by atoms with E-state index in [1.165, 1.54) is 19.2 Å². The second-order valence-electron chi connectivity index (χ2n) is 2.50. The maximum atomic E-state index is 10.7. The summed E-state index contributed by atoms with van der Waals surface area (Å²) in [4.78, 5) is 21.2. The predicted molar refractivity (Wildman–Crippen MR) is 50.4 cm³/mol. The maximum Gasteiger partial charge on any atom is 0.337 e. The summed E-state index contributed by atoms with van der Waals surface area (Å²) in [5.41, 5.74) is 0.136. The molecule has 0 fully saturated rings. The van der Waals surface area contributed by atoms with Crippen molar-refractivity contribution in [3.8, 4) is 5.75 Å². The van der Waals surface area contributed by atoms with Gasteiger partial charge in [0.1, 0.15) is 5.75 Å². The first-order valence-corrected chi connectivity index (χ1v) is 4.04. The van der Waals surface area contributed by atoms with Crippen LogP contribution in [0.5, 0.6) is 5.75 Å². The van der Waals surface area contributed by atoms with Crippen molar-refractivity contribution in [1.82, 2.24) is 0 Å². The number of carboxylic acid groups (broad SMARTS) is 1. The lowest BCUT2D eigenvalue weighted by molar-refractivity contribution is 0.0696. The van der Waals surface area contributed by atoms with Gasteiger partial charge in [-0.25, -0.2) is 4.79 Å². The molecule has 0 heterocycles. The molecule has 1 aromatic rings. The molecule has 0 radical (unpaired) electrons. The molecule has 0 aliphatic carbocycles. The number of benzene rings is 1. The van der Waals surface area contributed by atoms with Gasteiger partial charge in [-0.15, -0.1) is 0 Å². The molecule has 0 bridgehead atoms. The maximum absolute atomic E-state index is 10.7. The standard InChI is InChI=1S/C9H7ClO4/c1-14-8-3-6(9(12)13)7(10)2-5(8)4-11/h2-4H,1H3,(H,12,13). The molecule has 0 atom stereocenters. The summed E-state index contributed by atoms with van der Waals surface area (Å²) in [6, 6.07) is 2.48. The third kappa shape index (κ3) is 1.85. The molecule has 0 aliphatic heterocycles. The zero-order chi connectivity index (χ0) is 10.7. The van der Waals surface area contributed by atoms with Crippen LogP contribution in [0, 0.1) is 0 Å². The Kier molecular flexibility index (Phi) is 3.09. The molecule has 0 spiro atoms. The van der Waals surface area contributed by atoms with Crippen LogP contribution < -0.4 is 4.74 Å². The van der Waals surface area contributed by atoms with Gasteiger partial charge in [-0.05, 0) is 12.1 Å². The number of hydrogen-bond donors (Lipinski definition) is 1. The molecule has 0 saturated heterocycles. The number of aldehydes is 1. The number of halogens is 1. The van der Waals surface area contributed by atoms with Gasteiger partial charge in [0.15, 0.2) is 6.29 Å². The van der Waals surface area contributed by atoms with Gasteiger partial charge < -0.3 is 9.84 Å². The molecule has 14 heavy (non-hydrogen) atoms. The molecule has 1 aromatic carbocycles. The van der Waals surface area contributed by atoms with Crippen molar-refractivity contribution in [2.75, 3.05) is 7.11 Å². The van der Waals surface area contributed by atoms with Crippen LogP contribution in [0.1, 0.15) is 20.7 Å². The van der Waals surface area contributed by atoms with Crippen LogP contribution in [0.3, 0.4) is 0 Å². The van der Waals surface area contributed by atoms with E-state index in [1.54, 1.807) is 0 Å². The summed E-state index contributed by atoms with van der Waals surface area (Å²) in [6.07, 6.45) is 0.552. The van der Waals surface area contributed by atoms with Crippen molar-refractivity contribution in [1.29, 1.82) is 0 Å². The van der Waals surface area contributed by atoms with Gasteiger partial charge in [0.05, 0.1) is 23.3 Å². The number of hydrogen-bond acceptors (Lipinski definition) is 3. The highest BCUT2D eigenvalue weighted by atomic mass is 35.5. The number of ether oxygens (including phenoxy) is 1. The first-order chi connectivity index (χ1) is 6.60. The highest BCUT2D eigenvalue weighted by molar-refractivity contribution is 6.33. The van der Waals surface area contributed by atoms with Gasteiger partial charge in [0.2, 0.25) is 0 Å². The van der Waals surface area contributed by atoms with Gasteiger partial charge >= 0.3 is 5.97 Å². The Labute approximate surface area is 85.1 Å². The van der Waals surface area contributed by atoms with E-state index in [0.29, 0.717) is 6.29 Å². The van der Waals surface area contributed by atoms with Crippen LogP contribution in [-0.2, 0) is 0 Å². The van der Waals surface area contributed by atoms with Crippen LogP contribution in [0.4, 0.5) is 0 Å². The Morgan fingerprint density at radius 3 is 2.64 bits per heavy atom. The molecular weight excluding hydrogens is 208 g/mol. The summed E-state index contributed by atoms with van der Waals surface area (Å²) < 4.78 is 4.83. The van der Waals surface area contributed by atoms with Crippen molar-refractivity contribution in [3.05, 3.63) is 28.3 Å². The molecule has 5 heteroatoms. The Morgan fingerprint density at radius 2 is 2.21 bits per heavy atom. The van der Waals surface area contributed by atoms with Gasteiger partial charge in [-0.1, -0.05) is 11.6 Å². The van der Waals surface area contributed by atoms with E-state index in [-0.39, 0.29) is 21.9 Å². The van der Waals surface area contributed by atoms with E-state index in [1.807, 2.05) is 0 Å². The van der Waals surface area contributed by atoms with Crippen LogP contribution in [0.15, 0.2) is 12.1 Å². The lowest BCUT2D eigenvalue weighted by Gasteiger charge is -2.05. The van der Waals surface area contributed by atoms with E-state index >= 15 is 0 Å². The third-order valence-electron chi connectivity index (χ3n) is 1.68. The molecular formula is C9H7ClO4. The van der Waals surface area contributed by atoms with Gasteiger partial charge in [-0.2, -0.15) is 0 Å².